The molecule has 0 aliphatic heterocycles. The van der Waals surface area contributed by atoms with E-state index in [4.69, 9.17) is 4.42 Å². The molecule has 0 spiro atoms. The van der Waals surface area contributed by atoms with Crippen LogP contribution in [0.1, 0.15) is 59.6 Å². The summed E-state index contributed by atoms with van der Waals surface area (Å²) >= 11 is 0. The summed E-state index contributed by atoms with van der Waals surface area (Å²) in [5.41, 5.74) is 0.991. The first-order valence-electron chi connectivity index (χ1n) is 8.00. The largest absolute Gasteiger partial charge is 0.432 e. The van der Waals surface area contributed by atoms with Gasteiger partial charge in [-0.2, -0.15) is 4.98 Å². The predicted octanol–water partition coefficient (Wildman–Crippen LogP) is 3.83. The zero-order chi connectivity index (χ0) is 15.0. The van der Waals surface area contributed by atoms with E-state index in [9.17, 15) is 0 Å². The van der Waals surface area contributed by atoms with Crippen LogP contribution in [-0.4, -0.2) is 24.1 Å². The third-order valence-corrected chi connectivity index (χ3v) is 3.52. The SMILES string of the molecule is CCCCN(c1nc(CNCC(C)C)co1)C(C)CC. The Hall–Kier alpha value is -1.03. The van der Waals surface area contributed by atoms with Gasteiger partial charge in [-0.3, -0.25) is 0 Å². The minimum absolute atomic E-state index is 0.469. The van der Waals surface area contributed by atoms with Crippen LogP contribution in [0.3, 0.4) is 0 Å². The van der Waals surface area contributed by atoms with Crippen LogP contribution < -0.4 is 10.2 Å². The van der Waals surface area contributed by atoms with Crippen molar-refractivity contribution in [2.24, 2.45) is 5.92 Å². The summed E-state index contributed by atoms with van der Waals surface area (Å²) in [7, 11) is 0. The van der Waals surface area contributed by atoms with E-state index in [-0.39, 0.29) is 0 Å². The van der Waals surface area contributed by atoms with Gasteiger partial charge >= 0.3 is 0 Å². The first-order valence-corrected chi connectivity index (χ1v) is 8.00. The smallest absolute Gasteiger partial charge is 0.297 e. The average molecular weight is 281 g/mol. The molecule has 1 rings (SSSR count). The fraction of sp³-hybridized carbons (Fsp3) is 0.812. The van der Waals surface area contributed by atoms with Gasteiger partial charge in [0.2, 0.25) is 0 Å². The molecular weight excluding hydrogens is 250 g/mol. The van der Waals surface area contributed by atoms with Crippen LogP contribution in [0.5, 0.6) is 0 Å². The minimum Gasteiger partial charge on any atom is -0.432 e. The van der Waals surface area contributed by atoms with Crippen LogP contribution in [0.2, 0.25) is 0 Å². The van der Waals surface area contributed by atoms with Crippen LogP contribution in [0.15, 0.2) is 10.7 Å². The topological polar surface area (TPSA) is 41.3 Å². The highest BCUT2D eigenvalue weighted by atomic mass is 16.4. The molecule has 0 saturated heterocycles. The zero-order valence-electron chi connectivity index (χ0n) is 13.8. The second-order valence-corrected chi connectivity index (χ2v) is 5.95. The van der Waals surface area contributed by atoms with E-state index in [1.807, 2.05) is 0 Å². The number of nitrogens with one attached hydrogen (secondary N) is 1. The number of anilines is 1. The monoisotopic (exact) mass is 281 g/mol. The fourth-order valence-corrected chi connectivity index (χ4v) is 2.05. The van der Waals surface area contributed by atoms with Gasteiger partial charge in [0.1, 0.15) is 6.26 Å². The van der Waals surface area contributed by atoms with E-state index in [1.165, 1.54) is 12.8 Å². The van der Waals surface area contributed by atoms with Gasteiger partial charge < -0.3 is 14.6 Å². The standard InChI is InChI=1S/C16H31N3O/c1-6-8-9-19(14(5)7-2)16-18-15(12-20-16)11-17-10-13(3)4/h12-14,17H,6-11H2,1-5H3. The maximum absolute atomic E-state index is 5.68. The van der Waals surface area contributed by atoms with Crippen molar-refractivity contribution in [1.82, 2.24) is 10.3 Å². The lowest BCUT2D eigenvalue weighted by Crippen LogP contribution is -2.33. The van der Waals surface area contributed by atoms with Crippen LogP contribution in [0.25, 0.3) is 0 Å². The van der Waals surface area contributed by atoms with Gasteiger partial charge in [0.25, 0.3) is 6.01 Å². The van der Waals surface area contributed by atoms with Crippen LogP contribution in [0, 0.1) is 5.92 Å². The van der Waals surface area contributed by atoms with Gasteiger partial charge in [0.15, 0.2) is 0 Å². The van der Waals surface area contributed by atoms with E-state index >= 15 is 0 Å². The van der Waals surface area contributed by atoms with Crippen molar-refractivity contribution in [2.45, 2.75) is 66.5 Å². The van der Waals surface area contributed by atoms with Crippen LogP contribution >= 0.6 is 0 Å². The Balaban J connectivity index is 2.60. The summed E-state index contributed by atoms with van der Waals surface area (Å²) in [5.74, 6) is 0.655. The van der Waals surface area contributed by atoms with E-state index in [1.54, 1.807) is 6.26 Å². The molecule has 1 aromatic heterocycles. The Morgan fingerprint density at radius 2 is 2.05 bits per heavy atom. The Morgan fingerprint density at radius 3 is 2.65 bits per heavy atom. The molecule has 4 heteroatoms. The van der Waals surface area contributed by atoms with Gasteiger partial charge in [0.05, 0.1) is 5.69 Å². The number of hydrogen-bond donors (Lipinski definition) is 1. The number of rotatable bonds is 10. The van der Waals surface area contributed by atoms with Crippen LogP contribution in [-0.2, 0) is 6.54 Å². The molecule has 0 fully saturated rings. The molecule has 0 saturated carbocycles. The number of aromatic nitrogens is 1. The van der Waals surface area contributed by atoms with Crippen molar-refractivity contribution in [3.63, 3.8) is 0 Å². The highest BCUT2D eigenvalue weighted by Crippen LogP contribution is 2.18. The van der Waals surface area contributed by atoms with Gasteiger partial charge in [-0.05, 0) is 32.2 Å². The van der Waals surface area contributed by atoms with Crippen molar-refractivity contribution in [3.8, 4) is 0 Å². The lowest BCUT2D eigenvalue weighted by molar-refractivity contribution is 0.489. The zero-order valence-corrected chi connectivity index (χ0v) is 13.8. The Bertz CT molecular complexity index is 362. The molecule has 20 heavy (non-hydrogen) atoms. The van der Waals surface area contributed by atoms with Crippen molar-refractivity contribution >= 4 is 6.01 Å². The molecule has 0 aromatic carbocycles. The van der Waals surface area contributed by atoms with E-state index < -0.39 is 0 Å². The lowest BCUT2D eigenvalue weighted by Gasteiger charge is -2.26. The molecular formula is C16H31N3O. The number of hydrogen-bond acceptors (Lipinski definition) is 4. The molecule has 116 valence electrons. The minimum atomic E-state index is 0.469. The maximum atomic E-state index is 5.68. The Morgan fingerprint density at radius 1 is 1.30 bits per heavy atom. The number of nitrogens with zero attached hydrogens (tertiary/aromatic N) is 2. The van der Waals surface area contributed by atoms with Crippen LogP contribution in [0.4, 0.5) is 6.01 Å². The fourth-order valence-electron chi connectivity index (χ4n) is 2.05. The second kappa shape index (κ2) is 9.01. The summed E-state index contributed by atoms with van der Waals surface area (Å²) in [4.78, 5) is 6.91. The summed E-state index contributed by atoms with van der Waals surface area (Å²) < 4.78 is 5.68. The van der Waals surface area contributed by atoms with Crippen molar-refractivity contribution < 1.29 is 4.42 Å². The maximum Gasteiger partial charge on any atom is 0.297 e. The van der Waals surface area contributed by atoms with E-state index in [0.29, 0.717) is 12.0 Å². The molecule has 0 bridgehead atoms. The van der Waals surface area contributed by atoms with E-state index in [0.717, 1.165) is 37.8 Å². The van der Waals surface area contributed by atoms with E-state index in [2.05, 4.69) is 49.8 Å². The summed E-state index contributed by atoms with van der Waals surface area (Å²) in [6, 6.07) is 1.24. The van der Waals surface area contributed by atoms with Gasteiger partial charge in [-0.15, -0.1) is 0 Å². The van der Waals surface area contributed by atoms with Gasteiger partial charge in [-0.25, -0.2) is 0 Å². The Kier molecular flexibility index (Phi) is 7.67. The molecule has 1 atom stereocenters. The first kappa shape index (κ1) is 17.0. The quantitative estimate of drug-likeness (QED) is 0.708. The van der Waals surface area contributed by atoms with Crippen molar-refractivity contribution in [2.75, 3.05) is 18.0 Å². The molecule has 0 aliphatic rings. The normalized spacial score (nSPS) is 12.9. The molecule has 1 unspecified atom stereocenters. The highest BCUT2D eigenvalue weighted by Gasteiger charge is 2.17. The predicted molar refractivity (Wildman–Crippen MR) is 85.1 cm³/mol. The van der Waals surface area contributed by atoms with Gasteiger partial charge in [0, 0.05) is 19.1 Å². The highest BCUT2D eigenvalue weighted by molar-refractivity contribution is 5.28. The van der Waals surface area contributed by atoms with Gasteiger partial charge in [-0.1, -0.05) is 34.1 Å². The molecule has 0 amide bonds. The van der Waals surface area contributed by atoms with Crippen molar-refractivity contribution in [3.05, 3.63) is 12.0 Å². The molecule has 0 aliphatic carbocycles. The Labute approximate surface area is 123 Å². The number of unbranched alkanes of at least 4 members (excludes halogenated alkanes) is 1. The third kappa shape index (κ3) is 5.53. The summed E-state index contributed by atoms with van der Waals surface area (Å²) in [6.07, 6.45) is 5.25. The third-order valence-electron chi connectivity index (χ3n) is 3.52. The number of oxazole rings is 1. The molecule has 0 radical (unpaired) electrons. The average Bonchev–Trinajstić information content (AvgIpc) is 2.87. The molecule has 1 N–H and O–H groups in total. The molecule has 4 nitrogen and oxygen atoms in total. The van der Waals surface area contributed by atoms with Crippen molar-refractivity contribution in [1.29, 1.82) is 0 Å². The lowest BCUT2D eigenvalue weighted by atomic mass is 10.2. The molecule has 1 aromatic rings. The molecule has 1 heterocycles. The summed E-state index contributed by atoms with van der Waals surface area (Å²) in [6.45, 7) is 13.9. The summed E-state index contributed by atoms with van der Waals surface area (Å²) in [5, 5.41) is 3.40. The second-order valence-electron chi connectivity index (χ2n) is 5.95. The first-order chi connectivity index (χ1) is 9.58.